The van der Waals surface area contributed by atoms with E-state index in [4.69, 9.17) is 10.5 Å². The van der Waals surface area contributed by atoms with Crippen molar-refractivity contribution in [3.8, 4) is 5.75 Å². The van der Waals surface area contributed by atoms with Crippen molar-refractivity contribution in [2.75, 3.05) is 0 Å². The summed E-state index contributed by atoms with van der Waals surface area (Å²) in [5.74, 6) is 6.89. The highest BCUT2D eigenvalue weighted by atomic mass is 16.5. The van der Waals surface area contributed by atoms with Crippen LogP contribution in [0, 0.1) is 52.3 Å². The number of carbonyl (C=O) groups is 1. The van der Waals surface area contributed by atoms with E-state index in [1.54, 1.807) is 0 Å². The molecule has 47 heavy (non-hydrogen) atoms. The van der Waals surface area contributed by atoms with Gasteiger partial charge in [-0.25, -0.2) is 0 Å². The number of nitrogens with two attached hydrogens (primary N) is 1. The van der Waals surface area contributed by atoms with Crippen LogP contribution in [0.15, 0.2) is 54.6 Å². The van der Waals surface area contributed by atoms with Gasteiger partial charge in [0.1, 0.15) is 12.4 Å². The van der Waals surface area contributed by atoms with Crippen LogP contribution in [0.1, 0.15) is 123 Å². The van der Waals surface area contributed by atoms with Gasteiger partial charge in [0.25, 0.3) is 0 Å². The van der Waals surface area contributed by atoms with Crippen LogP contribution in [0.25, 0.3) is 0 Å². The topological polar surface area (TPSA) is 64.4 Å². The number of carbonyl (C=O) groups excluding carboxylic acids is 1. The molecule has 0 aliphatic heterocycles. The van der Waals surface area contributed by atoms with Gasteiger partial charge in [0, 0.05) is 6.04 Å². The molecule has 4 heteroatoms. The molecule has 4 aliphatic rings. The zero-order valence-electron chi connectivity index (χ0n) is 30.2. The standard InChI is InChI=1S/C43H64N2O2/c1-29(2)10-9-11-30(3)37-20-21-38-36-19-16-33-27-34(22-24-42(33,4)39(36)23-25-43(37,38)5)45-41(46)40(44)26-31-14-17-35(18-15-31)47-28-32-12-7-6-8-13-32/h6-8,12-15,17-18,29-30,33-34,36-40H,9-11,16,19-28,44H2,1-5H3,(H,45,46)/t30-,33?,34-,36+,37-,38+,39+,40+,42+,43-/m1/s1. The van der Waals surface area contributed by atoms with Gasteiger partial charge in [-0.2, -0.15) is 0 Å². The summed E-state index contributed by atoms with van der Waals surface area (Å²) < 4.78 is 5.93. The molecule has 6 rings (SSSR count). The van der Waals surface area contributed by atoms with E-state index in [1.807, 2.05) is 42.5 Å². The molecule has 4 fully saturated rings. The maximum atomic E-state index is 13.3. The van der Waals surface area contributed by atoms with E-state index in [1.165, 1.54) is 64.2 Å². The first-order chi connectivity index (χ1) is 22.6. The summed E-state index contributed by atoms with van der Waals surface area (Å²) in [4.78, 5) is 13.3. The molecule has 4 saturated carbocycles. The van der Waals surface area contributed by atoms with E-state index in [0.29, 0.717) is 23.9 Å². The van der Waals surface area contributed by atoms with Gasteiger partial charge in [0.2, 0.25) is 5.91 Å². The lowest BCUT2D eigenvalue weighted by atomic mass is 9.44. The van der Waals surface area contributed by atoms with E-state index < -0.39 is 6.04 Å². The summed E-state index contributed by atoms with van der Waals surface area (Å²) in [7, 11) is 0. The fraction of sp³-hybridized carbons (Fsp3) is 0.698. The second-order valence-electron chi connectivity index (χ2n) is 17.4. The van der Waals surface area contributed by atoms with E-state index in [9.17, 15) is 4.79 Å². The van der Waals surface area contributed by atoms with Gasteiger partial charge < -0.3 is 15.8 Å². The highest BCUT2D eigenvalue weighted by molar-refractivity contribution is 5.82. The Bertz CT molecular complexity index is 1310. The highest BCUT2D eigenvalue weighted by Gasteiger charge is 2.60. The average molecular weight is 641 g/mol. The molecule has 2 aromatic rings. The summed E-state index contributed by atoms with van der Waals surface area (Å²) in [5.41, 5.74) is 9.67. The summed E-state index contributed by atoms with van der Waals surface area (Å²) in [6, 6.07) is 17.9. The molecule has 1 unspecified atom stereocenters. The predicted molar refractivity (Wildman–Crippen MR) is 194 cm³/mol. The molecule has 0 bridgehead atoms. The largest absolute Gasteiger partial charge is 0.489 e. The van der Waals surface area contributed by atoms with Crippen LogP contribution >= 0.6 is 0 Å². The SMILES string of the molecule is CC(C)CCC[C@@H](C)[C@H]1CC[C@H]2[C@@H]3CCC4C[C@H](NC(=O)[C@@H](N)Cc5ccc(OCc6ccccc6)cc5)CC[C@]4(C)[C@H]3CC[C@]12C. The Balaban J connectivity index is 0.988. The first-order valence-corrected chi connectivity index (χ1v) is 19.4. The first-order valence-electron chi connectivity index (χ1n) is 19.4. The van der Waals surface area contributed by atoms with E-state index in [0.717, 1.165) is 71.1 Å². The van der Waals surface area contributed by atoms with E-state index >= 15 is 0 Å². The lowest BCUT2D eigenvalue weighted by Gasteiger charge is -2.61. The Morgan fingerprint density at radius 2 is 1.57 bits per heavy atom. The second-order valence-corrected chi connectivity index (χ2v) is 17.4. The molecule has 1 amide bonds. The van der Waals surface area contributed by atoms with Crippen LogP contribution in [-0.2, 0) is 17.8 Å². The molecule has 0 aromatic heterocycles. The summed E-state index contributed by atoms with van der Waals surface area (Å²) in [6.45, 7) is 13.2. The van der Waals surface area contributed by atoms with Crippen LogP contribution in [0.3, 0.4) is 0 Å². The Morgan fingerprint density at radius 3 is 2.32 bits per heavy atom. The van der Waals surface area contributed by atoms with Crippen molar-refractivity contribution in [1.29, 1.82) is 0 Å². The van der Waals surface area contributed by atoms with Crippen molar-refractivity contribution < 1.29 is 9.53 Å². The monoisotopic (exact) mass is 640 g/mol. The van der Waals surface area contributed by atoms with Crippen molar-refractivity contribution >= 4 is 5.91 Å². The van der Waals surface area contributed by atoms with Crippen LogP contribution < -0.4 is 15.8 Å². The molecule has 258 valence electrons. The van der Waals surface area contributed by atoms with Gasteiger partial charge in [-0.3, -0.25) is 4.79 Å². The average Bonchev–Trinajstić information content (AvgIpc) is 3.42. The summed E-state index contributed by atoms with van der Waals surface area (Å²) >= 11 is 0. The predicted octanol–water partition coefficient (Wildman–Crippen LogP) is 9.74. The molecule has 2 aromatic carbocycles. The molecule has 0 radical (unpaired) electrons. The minimum Gasteiger partial charge on any atom is -0.489 e. The number of rotatable bonds is 12. The maximum Gasteiger partial charge on any atom is 0.237 e. The van der Waals surface area contributed by atoms with Crippen molar-refractivity contribution in [3.63, 3.8) is 0 Å². The lowest BCUT2D eigenvalue weighted by molar-refractivity contribution is -0.128. The van der Waals surface area contributed by atoms with E-state index in [2.05, 4.69) is 52.1 Å². The first kappa shape index (κ1) is 34.5. The summed E-state index contributed by atoms with van der Waals surface area (Å²) in [6.07, 6.45) is 16.8. The minimum absolute atomic E-state index is 0.00429. The van der Waals surface area contributed by atoms with Crippen LogP contribution in [0.2, 0.25) is 0 Å². The van der Waals surface area contributed by atoms with Gasteiger partial charge in [0.05, 0.1) is 6.04 Å². The number of nitrogens with one attached hydrogen (secondary N) is 1. The van der Waals surface area contributed by atoms with Crippen molar-refractivity contribution in [3.05, 3.63) is 65.7 Å². The van der Waals surface area contributed by atoms with Gasteiger partial charge >= 0.3 is 0 Å². The summed E-state index contributed by atoms with van der Waals surface area (Å²) in [5, 5.41) is 3.41. The Labute approximate surface area is 286 Å². The number of hydrogen-bond donors (Lipinski definition) is 2. The van der Waals surface area contributed by atoms with Crippen LogP contribution in [-0.4, -0.2) is 18.0 Å². The normalized spacial score (nSPS) is 34.5. The van der Waals surface area contributed by atoms with Crippen molar-refractivity contribution in [2.24, 2.45) is 58.0 Å². The number of ether oxygens (including phenoxy) is 1. The third-order valence-corrected chi connectivity index (χ3v) is 14.2. The molecular weight excluding hydrogens is 576 g/mol. The number of fused-ring (bicyclic) bond motifs is 5. The Kier molecular flexibility index (Phi) is 10.8. The number of amides is 1. The van der Waals surface area contributed by atoms with Crippen molar-refractivity contribution in [2.45, 2.75) is 137 Å². The van der Waals surface area contributed by atoms with Crippen molar-refractivity contribution in [1.82, 2.24) is 5.32 Å². The zero-order valence-corrected chi connectivity index (χ0v) is 30.2. The van der Waals surface area contributed by atoms with Crippen LogP contribution in [0.4, 0.5) is 0 Å². The molecule has 10 atom stereocenters. The van der Waals surface area contributed by atoms with E-state index in [-0.39, 0.29) is 11.9 Å². The van der Waals surface area contributed by atoms with Gasteiger partial charge in [-0.1, -0.05) is 96.3 Å². The number of benzene rings is 2. The molecule has 4 nitrogen and oxygen atoms in total. The molecule has 3 N–H and O–H groups in total. The van der Waals surface area contributed by atoms with Gasteiger partial charge in [-0.05, 0) is 140 Å². The zero-order chi connectivity index (χ0) is 33.2. The molecule has 0 spiro atoms. The molecule has 0 heterocycles. The van der Waals surface area contributed by atoms with Crippen LogP contribution in [0.5, 0.6) is 5.75 Å². The number of hydrogen-bond acceptors (Lipinski definition) is 3. The third-order valence-electron chi connectivity index (χ3n) is 14.2. The van der Waals surface area contributed by atoms with Gasteiger partial charge in [-0.15, -0.1) is 0 Å². The molecule has 4 aliphatic carbocycles. The lowest BCUT2D eigenvalue weighted by Crippen LogP contribution is -2.56. The minimum atomic E-state index is -0.533. The maximum absolute atomic E-state index is 13.3. The highest BCUT2D eigenvalue weighted by Crippen LogP contribution is 2.68. The molecule has 0 saturated heterocycles. The van der Waals surface area contributed by atoms with Gasteiger partial charge in [0.15, 0.2) is 0 Å². The third kappa shape index (κ3) is 7.48. The quantitative estimate of drug-likeness (QED) is 0.243. The Hall–Kier alpha value is -2.33. The Morgan fingerprint density at radius 1 is 0.851 bits per heavy atom. The second kappa shape index (κ2) is 14.7. The fourth-order valence-electron chi connectivity index (χ4n) is 11.5. The molecular formula is C43H64N2O2. The smallest absolute Gasteiger partial charge is 0.237 e. The fourth-order valence-corrected chi connectivity index (χ4v) is 11.5.